The summed E-state index contributed by atoms with van der Waals surface area (Å²) in [6.07, 6.45) is 2.44. The van der Waals surface area contributed by atoms with Gasteiger partial charge in [-0.15, -0.1) is 6.58 Å². The zero-order chi connectivity index (χ0) is 14.6. The van der Waals surface area contributed by atoms with Crippen molar-refractivity contribution in [1.29, 1.82) is 0 Å². The Kier molecular flexibility index (Phi) is 4.65. The quantitative estimate of drug-likeness (QED) is 0.747. The predicted molar refractivity (Wildman–Crippen MR) is 75.2 cm³/mol. The molecule has 1 aromatic rings. The molecule has 1 aliphatic heterocycles. The van der Waals surface area contributed by atoms with E-state index in [2.05, 4.69) is 11.5 Å². The van der Waals surface area contributed by atoms with Crippen molar-refractivity contribution in [2.75, 3.05) is 19.6 Å². The minimum atomic E-state index is -4.28. The summed E-state index contributed by atoms with van der Waals surface area (Å²) in [6.45, 7) is 6.54. The number of hydrogen-bond donors (Lipinski definition) is 0. The Labute approximate surface area is 117 Å². The summed E-state index contributed by atoms with van der Waals surface area (Å²) < 4.78 is 37.8. The first-order chi connectivity index (χ1) is 9.49. The molecule has 1 atom stereocenters. The van der Waals surface area contributed by atoms with Crippen LogP contribution in [0, 0.1) is 5.92 Å². The van der Waals surface area contributed by atoms with Gasteiger partial charge in [-0.05, 0) is 36.6 Å². The highest BCUT2D eigenvalue weighted by Gasteiger charge is 2.30. The molecule has 108 valence electrons. The molecule has 4 heteroatoms. The maximum Gasteiger partial charge on any atom is 0.416 e. The second kappa shape index (κ2) is 6.27. The smallest absolute Gasteiger partial charge is 0.299 e. The standard InChI is InChI=1S/C16H18F3N/c1-2-9-20-10-8-14(12-20)7-6-13-4-3-5-15(11-13)16(17,18)19/h2-7,11,14H,1,8-10,12H2/b7-6-/t14-/m0/s1. The molecule has 0 unspecified atom stereocenters. The van der Waals surface area contributed by atoms with Gasteiger partial charge >= 0.3 is 6.18 Å². The lowest BCUT2D eigenvalue weighted by Crippen LogP contribution is -2.19. The lowest BCUT2D eigenvalue weighted by Gasteiger charge is -2.11. The highest BCUT2D eigenvalue weighted by Crippen LogP contribution is 2.30. The summed E-state index contributed by atoms with van der Waals surface area (Å²) in [5.41, 5.74) is 0.00125. The van der Waals surface area contributed by atoms with Gasteiger partial charge in [0.15, 0.2) is 0 Å². The molecular weight excluding hydrogens is 263 g/mol. The lowest BCUT2D eigenvalue weighted by molar-refractivity contribution is -0.137. The van der Waals surface area contributed by atoms with Crippen molar-refractivity contribution in [2.45, 2.75) is 12.6 Å². The Balaban J connectivity index is 2.00. The van der Waals surface area contributed by atoms with E-state index in [9.17, 15) is 13.2 Å². The van der Waals surface area contributed by atoms with Crippen LogP contribution in [-0.4, -0.2) is 24.5 Å². The average molecular weight is 281 g/mol. The molecule has 0 saturated carbocycles. The van der Waals surface area contributed by atoms with Gasteiger partial charge in [0.25, 0.3) is 0 Å². The molecule has 1 saturated heterocycles. The number of hydrogen-bond acceptors (Lipinski definition) is 1. The van der Waals surface area contributed by atoms with Crippen molar-refractivity contribution in [1.82, 2.24) is 4.90 Å². The highest BCUT2D eigenvalue weighted by molar-refractivity contribution is 5.51. The summed E-state index contributed by atoms with van der Waals surface area (Å²) in [4.78, 5) is 2.29. The van der Waals surface area contributed by atoms with Crippen molar-refractivity contribution in [2.24, 2.45) is 5.92 Å². The van der Waals surface area contributed by atoms with Crippen LogP contribution in [0.15, 0.2) is 43.0 Å². The van der Waals surface area contributed by atoms with Crippen LogP contribution in [0.5, 0.6) is 0 Å². The van der Waals surface area contributed by atoms with Crippen molar-refractivity contribution in [3.05, 3.63) is 54.1 Å². The predicted octanol–water partition coefficient (Wildman–Crippen LogP) is 4.23. The monoisotopic (exact) mass is 281 g/mol. The van der Waals surface area contributed by atoms with E-state index < -0.39 is 11.7 Å². The van der Waals surface area contributed by atoms with Gasteiger partial charge in [-0.1, -0.05) is 30.4 Å². The molecule has 0 aromatic heterocycles. The zero-order valence-electron chi connectivity index (χ0n) is 11.2. The fourth-order valence-corrected chi connectivity index (χ4v) is 2.43. The van der Waals surface area contributed by atoms with Crippen LogP contribution in [0.25, 0.3) is 6.08 Å². The molecule has 0 bridgehead atoms. The number of nitrogens with zero attached hydrogens (tertiary/aromatic N) is 1. The van der Waals surface area contributed by atoms with Crippen molar-refractivity contribution < 1.29 is 13.2 Å². The largest absolute Gasteiger partial charge is 0.416 e. The molecule has 0 spiro atoms. The maximum atomic E-state index is 12.6. The third kappa shape index (κ3) is 3.97. The molecule has 1 aromatic carbocycles. The maximum absolute atomic E-state index is 12.6. The molecule has 0 N–H and O–H groups in total. The van der Waals surface area contributed by atoms with Crippen LogP contribution < -0.4 is 0 Å². The van der Waals surface area contributed by atoms with E-state index in [-0.39, 0.29) is 0 Å². The molecule has 2 rings (SSSR count). The Hall–Kier alpha value is -1.55. The van der Waals surface area contributed by atoms with Crippen LogP contribution in [0.1, 0.15) is 17.5 Å². The average Bonchev–Trinajstić information content (AvgIpc) is 2.84. The van der Waals surface area contributed by atoms with Crippen molar-refractivity contribution in [3.63, 3.8) is 0 Å². The Morgan fingerprint density at radius 3 is 2.85 bits per heavy atom. The van der Waals surface area contributed by atoms with E-state index in [1.165, 1.54) is 12.1 Å². The molecule has 20 heavy (non-hydrogen) atoms. The Morgan fingerprint density at radius 2 is 2.15 bits per heavy atom. The van der Waals surface area contributed by atoms with Gasteiger partial charge in [0.1, 0.15) is 0 Å². The van der Waals surface area contributed by atoms with Crippen molar-refractivity contribution in [3.8, 4) is 0 Å². The van der Waals surface area contributed by atoms with Gasteiger partial charge < -0.3 is 0 Å². The summed E-state index contributed by atoms with van der Waals surface area (Å²) in [6, 6.07) is 5.43. The van der Waals surface area contributed by atoms with E-state index in [4.69, 9.17) is 0 Å². The number of likely N-dealkylation sites (tertiary alicyclic amines) is 1. The summed E-state index contributed by atoms with van der Waals surface area (Å²) >= 11 is 0. The second-order valence-electron chi connectivity index (χ2n) is 5.08. The van der Waals surface area contributed by atoms with Crippen molar-refractivity contribution >= 4 is 6.08 Å². The zero-order valence-corrected chi connectivity index (χ0v) is 11.2. The first kappa shape index (κ1) is 14.9. The van der Waals surface area contributed by atoms with E-state index in [1.807, 2.05) is 12.2 Å². The first-order valence-corrected chi connectivity index (χ1v) is 6.68. The van der Waals surface area contributed by atoms with Crippen LogP contribution in [0.2, 0.25) is 0 Å². The van der Waals surface area contributed by atoms with E-state index in [0.717, 1.165) is 32.1 Å². The molecule has 1 nitrogen and oxygen atoms in total. The van der Waals surface area contributed by atoms with Crippen LogP contribution in [0.3, 0.4) is 0 Å². The third-order valence-electron chi connectivity index (χ3n) is 3.47. The number of halogens is 3. The van der Waals surface area contributed by atoms with E-state index >= 15 is 0 Å². The van der Waals surface area contributed by atoms with Gasteiger partial charge in [-0.2, -0.15) is 13.2 Å². The molecule has 0 radical (unpaired) electrons. The van der Waals surface area contributed by atoms with Crippen LogP contribution >= 0.6 is 0 Å². The number of alkyl halides is 3. The highest BCUT2D eigenvalue weighted by atomic mass is 19.4. The van der Waals surface area contributed by atoms with Gasteiger partial charge in [-0.3, -0.25) is 4.90 Å². The SMILES string of the molecule is C=CCN1CC[C@H](/C=C\c2cccc(C(F)(F)F)c2)C1. The fraction of sp³-hybridized carbons (Fsp3) is 0.375. The molecule has 0 aliphatic carbocycles. The van der Waals surface area contributed by atoms with Gasteiger partial charge in [0.05, 0.1) is 5.56 Å². The summed E-state index contributed by atoms with van der Waals surface area (Å²) in [5.74, 6) is 0.407. The van der Waals surface area contributed by atoms with Gasteiger partial charge in [0, 0.05) is 13.1 Å². The van der Waals surface area contributed by atoms with Crippen LogP contribution in [-0.2, 0) is 6.18 Å². The van der Waals surface area contributed by atoms with Gasteiger partial charge in [0.2, 0.25) is 0 Å². The normalized spacial score (nSPS) is 20.6. The minimum absolute atomic E-state index is 0.407. The minimum Gasteiger partial charge on any atom is -0.299 e. The van der Waals surface area contributed by atoms with Crippen LogP contribution in [0.4, 0.5) is 13.2 Å². The second-order valence-corrected chi connectivity index (χ2v) is 5.08. The molecule has 1 fully saturated rings. The number of benzene rings is 1. The number of rotatable bonds is 4. The molecule has 0 amide bonds. The lowest BCUT2D eigenvalue weighted by atomic mass is 10.1. The first-order valence-electron chi connectivity index (χ1n) is 6.68. The van der Waals surface area contributed by atoms with Gasteiger partial charge in [-0.25, -0.2) is 0 Å². The Bertz CT molecular complexity index is 491. The molecule has 1 aliphatic rings. The summed E-state index contributed by atoms with van der Waals surface area (Å²) in [5, 5.41) is 0. The van der Waals surface area contributed by atoms with E-state index in [0.29, 0.717) is 11.5 Å². The topological polar surface area (TPSA) is 3.24 Å². The van der Waals surface area contributed by atoms with E-state index in [1.54, 1.807) is 12.1 Å². The molecule has 1 heterocycles. The Morgan fingerprint density at radius 1 is 1.35 bits per heavy atom. The molecular formula is C16H18F3N. The fourth-order valence-electron chi connectivity index (χ4n) is 2.43. The third-order valence-corrected chi connectivity index (χ3v) is 3.47. The summed E-state index contributed by atoms with van der Waals surface area (Å²) in [7, 11) is 0.